The molecule has 2 aromatic rings. The molecule has 0 saturated carbocycles. The van der Waals surface area contributed by atoms with Gasteiger partial charge >= 0.3 is 0 Å². The number of sulfone groups is 1. The molecule has 0 amide bonds. The number of aromatic nitrogens is 3. The van der Waals surface area contributed by atoms with Crippen LogP contribution >= 0.6 is 0 Å². The van der Waals surface area contributed by atoms with Crippen LogP contribution in [0.1, 0.15) is 0 Å². The average molecular weight is 223 g/mol. The highest BCUT2D eigenvalue weighted by molar-refractivity contribution is 7.90. The van der Waals surface area contributed by atoms with E-state index in [0.29, 0.717) is 0 Å². The first kappa shape index (κ1) is 9.85. The van der Waals surface area contributed by atoms with E-state index in [1.807, 2.05) is 30.3 Å². The minimum atomic E-state index is -3.33. The zero-order chi connectivity index (χ0) is 10.9. The van der Waals surface area contributed by atoms with E-state index in [0.717, 1.165) is 11.9 Å². The van der Waals surface area contributed by atoms with Gasteiger partial charge in [0.05, 0.1) is 5.69 Å². The lowest BCUT2D eigenvalue weighted by atomic mass is 10.3. The fraction of sp³-hybridized carbons (Fsp3) is 0.111. The molecule has 1 aromatic carbocycles. The summed E-state index contributed by atoms with van der Waals surface area (Å²) in [6, 6.07) is 9.20. The Hall–Kier alpha value is -1.69. The second-order valence-corrected chi connectivity index (χ2v) is 4.99. The third kappa shape index (κ3) is 2.04. The van der Waals surface area contributed by atoms with Crippen LogP contribution in [0, 0.1) is 0 Å². The van der Waals surface area contributed by atoms with Crippen LogP contribution in [0.4, 0.5) is 0 Å². The SMILES string of the molecule is CS(=O)(=O)c1ncn(-c2ccccc2)n1. The normalized spacial score (nSPS) is 11.5. The van der Waals surface area contributed by atoms with Gasteiger partial charge in [-0.2, -0.15) is 0 Å². The maximum absolute atomic E-state index is 11.1. The van der Waals surface area contributed by atoms with E-state index in [1.165, 1.54) is 11.0 Å². The van der Waals surface area contributed by atoms with Crippen LogP contribution in [-0.2, 0) is 9.84 Å². The Kier molecular flexibility index (Phi) is 2.28. The number of hydrogen-bond acceptors (Lipinski definition) is 4. The second kappa shape index (κ2) is 3.47. The molecule has 5 nitrogen and oxygen atoms in total. The van der Waals surface area contributed by atoms with E-state index in [1.54, 1.807) is 0 Å². The average Bonchev–Trinajstić information content (AvgIpc) is 2.67. The van der Waals surface area contributed by atoms with Gasteiger partial charge in [-0.3, -0.25) is 0 Å². The lowest BCUT2D eigenvalue weighted by Gasteiger charge is -1.97. The summed E-state index contributed by atoms with van der Waals surface area (Å²) in [4.78, 5) is 3.73. The smallest absolute Gasteiger partial charge is 0.221 e. The zero-order valence-electron chi connectivity index (χ0n) is 8.03. The van der Waals surface area contributed by atoms with Crippen molar-refractivity contribution in [3.63, 3.8) is 0 Å². The van der Waals surface area contributed by atoms with E-state index < -0.39 is 9.84 Å². The molecular weight excluding hydrogens is 214 g/mol. The second-order valence-electron chi connectivity index (χ2n) is 3.08. The molecule has 2 rings (SSSR count). The Balaban J connectivity index is 2.46. The van der Waals surface area contributed by atoms with E-state index in [4.69, 9.17) is 0 Å². The summed E-state index contributed by atoms with van der Waals surface area (Å²) in [6.07, 6.45) is 2.46. The molecule has 1 heterocycles. The summed E-state index contributed by atoms with van der Waals surface area (Å²) in [5, 5.41) is 3.71. The number of rotatable bonds is 2. The van der Waals surface area contributed by atoms with Crippen LogP contribution in [0.2, 0.25) is 0 Å². The number of nitrogens with zero attached hydrogens (tertiary/aromatic N) is 3. The van der Waals surface area contributed by atoms with Crippen molar-refractivity contribution in [3.05, 3.63) is 36.7 Å². The van der Waals surface area contributed by atoms with Crippen LogP contribution in [0.15, 0.2) is 41.8 Å². The van der Waals surface area contributed by atoms with Gasteiger partial charge in [-0.15, -0.1) is 5.10 Å². The summed E-state index contributed by atoms with van der Waals surface area (Å²) in [5.74, 6) is 0. The Morgan fingerprint density at radius 2 is 1.87 bits per heavy atom. The predicted octanol–water partition coefficient (Wildman–Crippen LogP) is 0.671. The largest absolute Gasteiger partial charge is 0.266 e. The highest BCUT2D eigenvalue weighted by Crippen LogP contribution is 2.07. The van der Waals surface area contributed by atoms with E-state index in [2.05, 4.69) is 10.1 Å². The van der Waals surface area contributed by atoms with Gasteiger partial charge < -0.3 is 0 Å². The molecule has 78 valence electrons. The first-order valence-corrected chi connectivity index (χ1v) is 6.14. The minimum absolute atomic E-state index is 0.161. The Morgan fingerprint density at radius 3 is 2.40 bits per heavy atom. The van der Waals surface area contributed by atoms with Crippen molar-refractivity contribution < 1.29 is 8.42 Å². The van der Waals surface area contributed by atoms with Gasteiger partial charge in [-0.25, -0.2) is 18.1 Å². The van der Waals surface area contributed by atoms with Crippen molar-refractivity contribution in [1.29, 1.82) is 0 Å². The van der Waals surface area contributed by atoms with Crippen LogP contribution in [0.5, 0.6) is 0 Å². The Morgan fingerprint density at radius 1 is 1.20 bits per heavy atom. The molecule has 0 radical (unpaired) electrons. The van der Waals surface area contributed by atoms with E-state index in [-0.39, 0.29) is 5.16 Å². The maximum atomic E-state index is 11.1. The molecule has 1 aromatic heterocycles. The van der Waals surface area contributed by atoms with E-state index in [9.17, 15) is 8.42 Å². The van der Waals surface area contributed by atoms with Gasteiger partial charge in [0.15, 0.2) is 0 Å². The van der Waals surface area contributed by atoms with Crippen molar-refractivity contribution in [2.45, 2.75) is 5.16 Å². The zero-order valence-corrected chi connectivity index (χ0v) is 8.85. The molecule has 0 saturated heterocycles. The van der Waals surface area contributed by atoms with Crippen molar-refractivity contribution in [2.24, 2.45) is 0 Å². The summed E-state index contributed by atoms with van der Waals surface area (Å²) in [5.41, 5.74) is 0.778. The fourth-order valence-electron chi connectivity index (χ4n) is 1.12. The summed E-state index contributed by atoms with van der Waals surface area (Å²) >= 11 is 0. The molecule has 0 aliphatic heterocycles. The first-order chi connectivity index (χ1) is 7.07. The molecule has 0 bridgehead atoms. The summed E-state index contributed by atoms with van der Waals surface area (Å²) < 4.78 is 23.7. The van der Waals surface area contributed by atoms with Gasteiger partial charge in [0.2, 0.25) is 9.84 Å². The molecule has 0 aliphatic rings. The summed E-state index contributed by atoms with van der Waals surface area (Å²) in [7, 11) is -3.33. The van der Waals surface area contributed by atoms with Crippen LogP contribution in [0.3, 0.4) is 0 Å². The standard InChI is InChI=1S/C9H9N3O2S/c1-15(13,14)9-10-7-12(11-9)8-5-3-2-4-6-8/h2-7H,1H3. The van der Waals surface area contributed by atoms with Crippen LogP contribution in [0.25, 0.3) is 5.69 Å². The molecule has 0 N–H and O–H groups in total. The quantitative estimate of drug-likeness (QED) is 0.750. The molecular formula is C9H9N3O2S. The molecule has 0 aliphatic carbocycles. The first-order valence-electron chi connectivity index (χ1n) is 4.24. The van der Waals surface area contributed by atoms with Crippen molar-refractivity contribution in [3.8, 4) is 5.69 Å². The topological polar surface area (TPSA) is 64.8 Å². The van der Waals surface area contributed by atoms with Gasteiger partial charge in [0.1, 0.15) is 6.33 Å². The van der Waals surface area contributed by atoms with Gasteiger partial charge in [0, 0.05) is 6.26 Å². The summed E-state index contributed by atoms with van der Waals surface area (Å²) in [6.45, 7) is 0. The van der Waals surface area contributed by atoms with Crippen molar-refractivity contribution in [1.82, 2.24) is 14.8 Å². The monoisotopic (exact) mass is 223 g/mol. The number of benzene rings is 1. The van der Waals surface area contributed by atoms with Crippen molar-refractivity contribution >= 4 is 9.84 Å². The lowest BCUT2D eigenvalue weighted by Crippen LogP contribution is -2.01. The third-order valence-corrected chi connectivity index (χ3v) is 2.67. The molecule has 0 spiro atoms. The van der Waals surface area contributed by atoms with Crippen LogP contribution < -0.4 is 0 Å². The van der Waals surface area contributed by atoms with Crippen LogP contribution in [-0.4, -0.2) is 29.4 Å². The Bertz CT molecular complexity index is 560. The van der Waals surface area contributed by atoms with Gasteiger partial charge in [-0.05, 0) is 12.1 Å². The minimum Gasteiger partial charge on any atom is -0.221 e. The van der Waals surface area contributed by atoms with E-state index >= 15 is 0 Å². The molecule has 0 fully saturated rings. The fourth-order valence-corrected chi connectivity index (χ4v) is 1.60. The molecule has 15 heavy (non-hydrogen) atoms. The number of hydrogen-bond donors (Lipinski definition) is 0. The predicted molar refractivity (Wildman–Crippen MR) is 54.5 cm³/mol. The van der Waals surface area contributed by atoms with Gasteiger partial charge in [0.25, 0.3) is 5.16 Å². The third-order valence-electron chi connectivity index (χ3n) is 1.82. The molecule has 0 unspecified atom stereocenters. The Labute approximate surface area is 87.3 Å². The lowest BCUT2D eigenvalue weighted by molar-refractivity contribution is 0.592. The van der Waals surface area contributed by atoms with Gasteiger partial charge in [-0.1, -0.05) is 18.2 Å². The number of para-hydroxylation sites is 1. The highest BCUT2D eigenvalue weighted by atomic mass is 32.2. The molecule has 0 atom stereocenters. The maximum Gasteiger partial charge on any atom is 0.266 e. The molecule has 6 heteroatoms. The highest BCUT2D eigenvalue weighted by Gasteiger charge is 2.12. The van der Waals surface area contributed by atoms with Crippen molar-refractivity contribution in [2.75, 3.05) is 6.26 Å².